The largest absolute Gasteiger partial charge is 0.280 e. The molecule has 0 radical (unpaired) electrons. The lowest BCUT2D eigenvalue weighted by Gasteiger charge is -2.07. The number of nitriles is 1. The quantitative estimate of drug-likeness (QED) is 0.616. The molecule has 0 fully saturated rings. The van der Waals surface area contributed by atoms with Crippen LogP contribution >= 0.6 is 31.9 Å². The third kappa shape index (κ3) is 2.28. The SMILES string of the molecule is N#Cc1cc(Br)nc(C(F)F)c1CBr. The summed E-state index contributed by atoms with van der Waals surface area (Å²) in [5, 5.41) is 8.91. The Labute approximate surface area is 96.2 Å². The van der Waals surface area contributed by atoms with E-state index in [9.17, 15) is 8.78 Å². The minimum absolute atomic E-state index is 0.190. The summed E-state index contributed by atoms with van der Waals surface area (Å²) in [4.78, 5) is 3.64. The molecule has 14 heavy (non-hydrogen) atoms. The summed E-state index contributed by atoms with van der Waals surface area (Å²) in [6.45, 7) is 0. The molecule has 0 bridgehead atoms. The highest BCUT2D eigenvalue weighted by Crippen LogP contribution is 2.27. The third-order valence-electron chi connectivity index (χ3n) is 1.59. The molecule has 0 N–H and O–H groups in total. The maximum Gasteiger partial charge on any atom is 0.280 e. The van der Waals surface area contributed by atoms with Crippen LogP contribution in [0.2, 0.25) is 0 Å². The molecule has 2 nitrogen and oxygen atoms in total. The second-order valence-corrected chi connectivity index (χ2v) is 3.78. The smallest absolute Gasteiger partial charge is 0.240 e. The molecule has 0 aliphatic carbocycles. The molecule has 74 valence electrons. The normalized spacial score (nSPS) is 10.3. The fourth-order valence-corrected chi connectivity index (χ4v) is 1.99. The second-order valence-electron chi connectivity index (χ2n) is 2.40. The molecule has 0 spiro atoms. The Morgan fingerprint density at radius 2 is 2.21 bits per heavy atom. The van der Waals surface area contributed by atoms with Crippen molar-refractivity contribution in [3.05, 3.63) is 27.5 Å². The van der Waals surface area contributed by atoms with Gasteiger partial charge in [0.15, 0.2) is 0 Å². The van der Waals surface area contributed by atoms with Crippen LogP contribution in [0.1, 0.15) is 23.2 Å². The number of nitrogens with zero attached hydrogens (tertiary/aromatic N) is 2. The Morgan fingerprint density at radius 3 is 2.64 bits per heavy atom. The lowest BCUT2D eigenvalue weighted by molar-refractivity contribution is 0.145. The van der Waals surface area contributed by atoms with Crippen LogP contribution in [0, 0.1) is 11.3 Å². The van der Waals surface area contributed by atoms with E-state index >= 15 is 0 Å². The van der Waals surface area contributed by atoms with Crippen molar-refractivity contribution in [3.63, 3.8) is 0 Å². The van der Waals surface area contributed by atoms with Crippen molar-refractivity contribution in [1.82, 2.24) is 4.98 Å². The topological polar surface area (TPSA) is 36.7 Å². The zero-order valence-electron chi connectivity index (χ0n) is 6.77. The van der Waals surface area contributed by atoms with E-state index in [1.54, 1.807) is 0 Å². The van der Waals surface area contributed by atoms with E-state index < -0.39 is 6.43 Å². The predicted molar refractivity (Wildman–Crippen MR) is 54.2 cm³/mol. The van der Waals surface area contributed by atoms with Crippen molar-refractivity contribution in [3.8, 4) is 6.07 Å². The standard InChI is InChI=1S/C8H4Br2F2N2/c9-2-5-4(3-13)1-6(10)14-7(5)8(11)12/h1,8H,2H2. The molecular formula is C8H4Br2F2N2. The van der Waals surface area contributed by atoms with Crippen molar-refractivity contribution in [2.45, 2.75) is 11.8 Å². The van der Waals surface area contributed by atoms with Gasteiger partial charge in [-0.05, 0) is 22.0 Å². The van der Waals surface area contributed by atoms with Gasteiger partial charge in [0.25, 0.3) is 6.43 Å². The fourth-order valence-electron chi connectivity index (χ4n) is 0.980. The van der Waals surface area contributed by atoms with E-state index in [0.29, 0.717) is 0 Å². The molecule has 0 atom stereocenters. The van der Waals surface area contributed by atoms with Crippen LogP contribution in [0.15, 0.2) is 10.7 Å². The Bertz CT molecular complexity index is 388. The molecule has 0 saturated heterocycles. The molecule has 6 heteroatoms. The zero-order chi connectivity index (χ0) is 10.7. The van der Waals surface area contributed by atoms with Gasteiger partial charge < -0.3 is 0 Å². The second kappa shape index (κ2) is 4.80. The third-order valence-corrected chi connectivity index (χ3v) is 2.55. The van der Waals surface area contributed by atoms with Crippen LogP contribution in [0.3, 0.4) is 0 Å². The summed E-state index contributed by atoms with van der Waals surface area (Å²) in [6, 6.07) is 3.27. The number of pyridine rings is 1. The van der Waals surface area contributed by atoms with Gasteiger partial charge in [0.05, 0.1) is 11.6 Å². The molecule has 0 aliphatic heterocycles. The van der Waals surface area contributed by atoms with Crippen molar-refractivity contribution in [1.29, 1.82) is 5.26 Å². The van der Waals surface area contributed by atoms with E-state index in [0.717, 1.165) is 0 Å². The molecule has 1 heterocycles. The van der Waals surface area contributed by atoms with Gasteiger partial charge in [-0.25, -0.2) is 13.8 Å². The van der Waals surface area contributed by atoms with E-state index in [1.165, 1.54) is 6.07 Å². The zero-order valence-corrected chi connectivity index (χ0v) is 9.94. The molecule has 0 aliphatic rings. The highest BCUT2D eigenvalue weighted by molar-refractivity contribution is 9.10. The van der Waals surface area contributed by atoms with Gasteiger partial charge in [-0.2, -0.15) is 5.26 Å². The van der Waals surface area contributed by atoms with E-state index in [4.69, 9.17) is 5.26 Å². The van der Waals surface area contributed by atoms with Gasteiger partial charge in [-0.3, -0.25) is 0 Å². The minimum Gasteiger partial charge on any atom is -0.240 e. The number of aromatic nitrogens is 1. The van der Waals surface area contributed by atoms with Crippen molar-refractivity contribution in [2.75, 3.05) is 0 Å². The van der Waals surface area contributed by atoms with Crippen molar-refractivity contribution < 1.29 is 8.78 Å². The summed E-state index contributed by atoms with van der Waals surface area (Å²) in [7, 11) is 0. The summed E-state index contributed by atoms with van der Waals surface area (Å²) >= 11 is 6.03. The summed E-state index contributed by atoms with van der Waals surface area (Å²) in [5.74, 6) is 0. The average molecular weight is 326 g/mol. The van der Waals surface area contributed by atoms with Gasteiger partial charge in [0, 0.05) is 10.9 Å². The van der Waals surface area contributed by atoms with E-state index in [1.807, 2.05) is 6.07 Å². The van der Waals surface area contributed by atoms with Crippen molar-refractivity contribution >= 4 is 31.9 Å². The fraction of sp³-hybridized carbons (Fsp3) is 0.250. The molecule has 0 aromatic carbocycles. The average Bonchev–Trinajstić information content (AvgIpc) is 2.16. The highest BCUT2D eigenvalue weighted by Gasteiger charge is 2.18. The Hall–Kier alpha value is -0.540. The first-order valence-electron chi connectivity index (χ1n) is 3.53. The van der Waals surface area contributed by atoms with Gasteiger partial charge >= 0.3 is 0 Å². The summed E-state index contributed by atoms with van der Waals surface area (Å²) in [6.07, 6.45) is -2.67. The summed E-state index contributed by atoms with van der Waals surface area (Å²) in [5.41, 5.74) is 0.0950. The number of hydrogen-bond donors (Lipinski definition) is 0. The van der Waals surface area contributed by atoms with Crippen LogP contribution in [0.5, 0.6) is 0 Å². The van der Waals surface area contributed by atoms with Crippen LogP contribution < -0.4 is 0 Å². The molecule has 1 rings (SSSR count). The van der Waals surface area contributed by atoms with Crippen LogP contribution in [0.4, 0.5) is 8.78 Å². The van der Waals surface area contributed by atoms with E-state index in [2.05, 4.69) is 36.8 Å². The van der Waals surface area contributed by atoms with Crippen molar-refractivity contribution in [2.24, 2.45) is 0 Å². The molecule has 1 aromatic rings. The van der Waals surface area contributed by atoms with Gasteiger partial charge in [0.1, 0.15) is 10.3 Å². The summed E-state index contributed by atoms with van der Waals surface area (Å²) < 4.78 is 25.2. The highest BCUT2D eigenvalue weighted by atomic mass is 79.9. The van der Waals surface area contributed by atoms with E-state index in [-0.39, 0.29) is 26.8 Å². The first kappa shape index (κ1) is 11.5. The molecular weight excluding hydrogens is 322 g/mol. The van der Waals surface area contributed by atoms with Gasteiger partial charge in [0.2, 0.25) is 0 Å². The Balaban J connectivity index is 3.41. The molecule has 0 unspecified atom stereocenters. The monoisotopic (exact) mass is 324 g/mol. The van der Waals surface area contributed by atoms with Crippen LogP contribution in [-0.4, -0.2) is 4.98 Å². The van der Waals surface area contributed by atoms with Crippen LogP contribution in [-0.2, 0) is 5.33 Å². The number of hydrogen-bond acceptors (Lipinski definition) is 2. The van der Waals surface area contributed by atoms with Gasteiger partial charge in [-0.1, -0.05) is 15.9 Å². The maximum absolute atomic E-state index is 12.5. The Morgan fingerprint density at radius 1 is 1.57 bits per heavy atom. The lowest BCUT2D eigenvalue weighted by atomic mass is 10.1. The molecule has 1 aromatic heterocycles. The van der Waals surface area contributed by atoms with Gasteiger partial charge in [-0.15, -0.1) is 0 Å². The molecule has 0 saturated carbocycles. The predicted octanol–water partition coefficient (Wildman–Crippen LogP) is 3.55. The minimum atomic E-state index is -2.67. The first-order valence-corrected chi connectivity index (χ1v) is 5.45. The van der Waals surface area contributed by atoms with Crippen LogP contribution in [0.25, 0.3) is 0 Å². The lowest BCUT2D eigenvalue weighted by Crippen LogP contribution is -2.00. The first-order chi connectivity index (χ1) is 6.60. The maximum atomic E-state index is 12.5. The molecule has 0 amide bonds. The number of rotatable bonds is 2. The number of halogens is 4. The number of alkyl halides is 3. The Kier molecular flexibility index (Phi) is 3.96.